The molecule has 0 aromatic heterocycles. The van der Waals surface area contributed by atoms with Crippen LogP contribution in [0.5, 0.6) is 23.0 Å². The van der Waals surface area contributed by atoms with E-state index in [1.165, 1.54) is 0 Å². The molecule has 162 valence electrons. The van der Waals surface area contributed by atoms with Crippen molar-refractivity contribution < 1.29 is 28.5 Å². The first-order valence-electron chi connectivity index (χ1n) is 10.4. The minimum Gasteiger partial charge on any atom is -0.497 e. The fraction of sp³-hybridized carbons (Fsp3) is 0.231. The van der Waals surface area contributed by atoms with Gasteiger partial charge in [0, 0.05) is 6.07 Å². The van der Waals surface area contributed by atoms with Gasteiger partial charge in [0.2, 0.25) is 0 Å². The van der Waals surface area contributed by atoms with Crippen molar-refractivity contribution in [1.29, 1.82) is 0 Å². The van der Waals surface area contributed by atoms with Crippen LogP contribution in [0.2, 0.25) is 0 Å². The van der Waals surface area contributed by atoms with E-state index in [1.54, 1.807) is 26.4 Å². The lowest BCUT2D eigenvalue weighted by atomic mass is 9.91. The molecule has 0 unspecified atom stereocenters. The molecule has 0 saturated carbocycles. The lowest BCUT2D eigenvalue weighted by Crippen LogP contribution is -2.24. The maximum Gasteiger partial charge on any atom is 0.170 e. The summed E-state index contributed by atoms with van der Waals surface area (Å²) < 4.78 is 22.7. The molecule has 32 heavy (non-hydrogen) atoms. The average Bonchev–Trinajstić information content (AvgIpc) is 2.83. The monoisotopic (exact) mass is 430 g/mol. The third-order valence-electron chi connectivity index (χ3n) is 5.94. The summed E-state index contributed by atoms with van der Waals surface area (Å²) in [6, 6.07) is 18.2. The Hall–Kier alpha value is -3.80. The Kier molecular flexibility index (Phi) is 5.05. The van der Waals surface area contributed by atoms with Crippen LogP contribution in [-0.4, -0.2) is 25.8 Å². The predicted octanol–water partition coefficient (Wildman–Crippen LogP) is 5.12. The number of methoxy groups -OCH3 is 2. The van der Waals surface area contributed by atoms with Crippen molar-refractivity contribution in [2.75, 3.05) is 14.2 Å². The Morgan fingerprint density at radius 2 is 1.06 bits per heavy atom. The number of ether oxygens (including phenoxy) is 4. The van der Waals surface area contributed by atoms with Gasteiger partial charge in [-0.25, -0.2) is 0 Å². The van der Waals surface area contributed by atoms with E-state index in [1.807, 2.05) is 48.5 Å². The number of hydrogen-bond donors (Lipinski definition) is 0. The van der Waals surface area contributed by atoms with Crippen LogP contribution in [0.3, 0.4) is 0 Å². The van der Waals surface area contributed by atoms with Crippen molar-refractivity contribution in [2.24, 2.45) is 0 Å². The molecule has 0 bridgehead atoms. The van der Waals surface area contributed by atoms with Gasteiger partial charge >= 0.3 is 0 Å². The molecular formula is C26H22O6. The van der Waals surface area contributed by atoms with Gasteiger partial charge in [-0.1, -0.05) is 24.3 Å². The number of carbonyl (C=O) groups is 2. The number of rotatable bonds is 4. The Morgan fingerprint density at radius 1 is 0.656 bits per heavy atom. The van der Waals surface area contributed by atoms with Gasteiger partial charge in [-0.3, -0.25) is 9.59 Å². The van der Waals surface area contributed by atoms with Gasteiger partial charge < -0.3 is 18.9 Å². The zero-order valence-electron chi connectivity index (χ0n) is 17.8. The molecule has 0 radical (unpaired) electrons. The van der Waals surface area contributed by atoms with E-state index < -0.39 is 12.2 Å². The highest BCUT2D eigenvalue weighted by Crippen LogP contribution is 2.43. The number of benzene rings is 3. The van der Waals surface area contributed by atoms with Gasteiger partial charge in [-0.15, -0.1) is 0 Å². The van der Waals surface area contributed by atoms with Gasteiger partial charge in [0.25, 0.3) is 0 Å². The first-order valence-corrected chi connectivity index (χ1v) is 10.4. The molecule has 5 rings (SSSR count). The Morgan fingerprint density at radius 3 is 1.44 bits per heavy atom. The average molecular weight is 430 g/mol. The molecule has 0 spiro atoms. The largest absolute Gasteiger partial charge is 0.497 e. The SMILES string of the molecule is COc1ccc([C@@H]2CC(=O)c3cc4c(cc3O2)O[C@@H](c2ccc(OC)cc2)CC4=O)cc1. The van der Waals surface area contributed by atoms with Crippen molar-refractivity contribution in [3.63, 3.8) is 0 Å². The van der Waals surface area contributed by atoms with Gasteiger partial charge in [0.05, 0.1) is 38.2 Å². The smallest absolute Gasteiger partial charge is 0.170 e. The summed E-state index contributed by atoms with van der Waals surface area (Å²) >= 11 is 0. The second-order valence-corrected chi connectivity index (χ2v) is 7.86. The lowest BCUT2D eigenvalue weighted by Gasteiger charge is -2.30. The maximum atomic E-state index is 12.9. The first kappa shape index (κ1) is 20.1. The molecule has 3 aromatic rings. The Balaban J connectivity index is 1.44. The predicted molar refractivity (Wildman–Crippen MR) is 117 cm³/mol. The van der Waals surface area contributed by atoms with E-state index in [-0.39, 0.29) is 24.4 Å². The second-order valence-electron chi connectivity index (χ2n) is 7.86. The molecule has 2 aliphatic heterocycles. The van der Waals surface area contributed by atoms with Crippen LogP contribution >= 0.6 is 0 Å². The highest BCUT2D eigenvalue weighted by atomic mass is 16.5. The van der Waals surface area contributed by atoms with E-state index in [0.717, 1.165) is 22.6 Å². The summed E-state index contributed by atoms with van der Waals surface area (Å²) in [4.78, 5) is 25.7. The Labute approximate surface area is 185 Å². The third kappa shape index (κ3) is 3.58. The summed E-state index contributed by atoms with van der Waals surface area (Å²) in [6.07, 6.45) is -0.394. The maximum absolute atomic E-state index is 12.9. The quantitative estimate of drug-likeness (QED) is 0.572. The van der Waals surface area contributed by atoms with Crippen molar-refractivity contribution in [2.45, 2.75) is 25.0 Å². The molecule has 2 aliphatic rings. The van der Waals surface area contributed by atoms with Crippen molar-refractivity contribution in [1.82, 2.24) is 0 Å². The molecule has 2 heterocycles. The topological polar surface area (TPSA) is 71.1 Å². The van der Waals surface area contributed by atoms with Crippen LogP contribution in [0.1, 0.15) is 56.9 Å². The van der Waals surface area contributed by atoms with Crippen molar-refractivity contribution >= 4 is 11.6 Å². The van der Waals surface area contributed by atoms with Crippen LogP contribution in [0.4, 0.5) is 0 Å². The number of hydrogen-bond acceptors (Lipinski definition) is 6. The summed E-state index contributed by atoms with van der Waals surface area (Å²) in [5.74, 6) is 2.23. The number of fused-ring (bicyclic) bond motifs is 2. The molecule has 0 fully saturated rings. The minimum atomic E-state index is -0.407. The zero-order chi connectivity index (χ0) is 22.2. The van der Waals surface area contributed by atoms with E-state index in [2.05, 4.69) is 0 Å². The van der Waals surface area contributed by atoms with Gasteiger partial charge in [0.15, 0.2) is 11.6 Å². The highest BCUT2D eigenvalue weighted by molar-refractivity contribution is 6.06. The summed E-state index contributed by atoms with van der Waals surface area (Å²) in [7, 11) is 3.21. The lowest BCUT2D eigenvalue weighted by molar-refractivity contribution is 0.0831. The van der Waals surface area contributed by atoms with E-state index >= 15 is 0 Å². The molecule has 0 saturated heterocycles. The van der Waals surface area contributed by atoms with Gasteiger partial charge in [-0.2, -0.15) is 0 Å². The molecule has 6 nitrogen and oxygen atoms in total. The molecular weight excluding hydrogens is 408 g/mol. The van der Waals surface area contributed by atoms with Crippen molar-refractivity contribution in [3.8, 4) is 23.0 Å². The summed E-state index contributed by atoms with van der Waals surface area (Å²) in [5, 5.41) is 0. The normalized spacial score (nSPS) is 19.3. The molecule has 3 aromatic carbocycles. The fourth-order valence-electron chi connectivity index (χ4n) is 4.15. The summed E-state index contributed by atoms with van der Waals surface area (Å²) in [5.41, 5.74) is 2.62. The standard InChI is InChI=1S/C26H22O6/c1-29-17-7-3-15(4-8-17)23-12-21(27)19-11-20-22(28)13-24(32-26(20)14-25(19)31-23)16-5-9-18(30-2)10-6-16/h3-11,14,23-24H,12-13H2,1-2H3/t23-,24+. The third-order valence-corrected chi connectivity index (χ3v) is 5.94. The summed E-state index contributed by atoms with van der Waals surface area (Å²) in [6.45, 7) is 0. The van der Waals surface area contributed by atoms with E-state index in [0.29, 0.717) is 22.6 Å². The molecule has 0 aliphatic carbocycles. The molecule has 0 amide bonds. The van der Waals surface area contributed by atoms with Gasteiger partial charge in [-0.05, 0) is 41.5 Å². The van der Waals surface area contributed by atoms with E-state index in [4.69, 9.17) is 18.9 Å². The molecule has 6 heteroatoms. The van der Waals surface area contributed by atoms with Crippen LogP contribution in [0.25, 0.3) is 0 Å². The van der Waals surface area contributed by atoms with Crippen LogP contribution in [0.15, 0.2) is 60.7 Å². The van der Waals surface area contributed by atoms with Gasteiger partial charge in [0.1, 0.15) is 35.2 Å². The minimum absolute atomic E-state index is 0.0556. The van der Waals surface area contributed by atoms with Crippen LogP contribution in [0, 0.1) is 0 Å². The first-order chi connectivity index (χ1) is 15.6. The van der Waals surface area contributed by atoms with Crippen molar-refractivity contribution in [3.05, 3.63) is 82.9 Å². The number of ketones is 2. The highest BCUT2D eigenvalue weighted by Gasteiger charge is 2.34. The van der Waals surface area contributed by atoms with E-state index in [9.17, 15) is 9.59 Å². The number of carbonyl (C=O) groups excluding carboxylic acids is 2. The zero-order valence-corrected chi connectivity index (χ0v) is 17.8. The molecule has 0 N–H and O–H groups in total. The van der Waals surface area contributed by atoms with Crippen LogP contribution < -0.4 is 18.9 Å². The second kappa shape index (κ2) is 8.04. The van der Waals surface area contributed by atoms with Crippen LogP contribution in [-0.2, 0) is 0 Å². The Bertz CT molecular complexity index is 1090. The molecule has 2 atom stereocenters. The fourth-order valence-corrected chi connectivity index (χ4v) is 4.15. The number of Topliss-reactive ketones (excluding diaryl/α,β-unsaturated/α-hetero) is 2.